The third-order valence-corrected chi connectivity index (χ3v) is 5.56. The van der Waals surface area contributed by atoms with Crippen LogP contribution in [0.25, 0.3) is 0 Å². The van der Waals surface area contributed by atoms with Crippen LogP contribution in [0, 0.1) is 5.41 Å². The number of amides is 1. The topological polar surface area (TPSA) is 87.1 Å². The van der Waals surface area contributed by atoms with Gasteiger partial charge in [-0.25, -0.2) is 4.79 Å². The van der Waals surface area contributed by atoms with Gasteiger partial charge in [0.1, 0.15) is 6.61 Å². The van der Waals surface area contributed by atoms with E-state index in [4.69, 9.17) is 4.74 Å². The van der Waals surface area contributed by atoms with E-state index in [1.807, 2.05) is 30.3 Å². The molecule has 130 valence electrons. The number of aliphatic hydroxyl groups is 1. The smallest absolute Gasteiger partial charge is 0.410 e. The zero-order valence-electron chi connectivity index (χ0n) is 13.6. The lowest BCUT2D eigenvalue weighted by molar-refractivity contribution is -0.192. The van der Waals surface area contributed by atoms with E-state index in [0.29, 0.717) is 25.9 Å². The average Bonchev–Trinajstić information content (AvgIpc) is 2.52. The molecular formula is C18H23NO5. The second-order valence-electron chi connectivity index (χ2n) is 6.80. The van der Waals surface area contributed by atoms with E-state index in [0.717, 1.165) is 12.0 Å². The molecule has 0 bridgehead atoms. The highest BCUT2D eigenvalue weighted by Crippen LogP contribution is 2.53. The summed E-state index contributed by atoms with van der Waals surface area (Å²) in [7, 11) is 0. The van der Waals surface area contributed by atoms with Crippen molar-refractivity contribution in [2.75, 3.05) is 13.1 Å². The van der Waals surface area contributed by atoms with Crippen LogP contribution in [0.3, 0.4) is 0 Å². The number of carboxylic acids is 1. The number of hydrogen-bond donors (Lipinski definition) is 2. The number of piperidine rings is 1. The summed E-state index contributed by atoms with van der Waals surface area (Å²) in [5.41, 5.74) is -1.35. The van der Waals surface area contributed by atoms with Crippen LogP contribution in [0.2, 0.25) is 0 Å². The molecule has 2 N–H and O–H groups in total. The fourth-order valence-electron chi connectivity index (χ4n) is 3.76. The van der Waals surface area contributed by atoms with Crippen molar-refractivity contribution in [1.29, 1.82) is 0 Å². The van der Waals surface area contributed by atoms with Gasteiger partial charge < -0.3 is 19.8 Å². The van der Waals surface area contributed by atoms with Crippen molar-refractivity contribution in [2.45, 2.75) is 44.3 Å². The van der Waals surface area contributed by atoms with Crippen molar-refractivity contribution < 1.29 is 24.5 Å². The molecule has 0 radical (unpaired) electrons. The van der Waals surface area contributed by atoms with Crippen molar-refractivity contribution >= 4 is 12.1 Å². The predicted molar refractivity (Wildman–Crippen MR) is 86.3 cm³/mol. The summed E-state index contributed by atoms with van der Waals surface area (Å²) in [6, 6.07) is 9.43. The van der Waals surface area contributed by atoms with Gasteiger partial charge in [-0.1, -0.05) is 36.8 Å². The number of nitrogens with zero attached hydrogens (tertiary/aromatic N) is 1. The average molecular weight is 333 g/mol. The molecule has 1 aromatic rings. The molecule has 1 aliphatic carbocycles. The Balaban J connectivity index is 1.55. The maximum absolute atomic E-state index is 12.2. The highest BCUT2D eigenvalue weighted by Gasteiger charge is 2.60. The normalized spacial score (nSPS) is 21.6. The number of hydrogen-bond acceptors (Lipinski definition) is 4. The molecule has 0 aromatic heterocycles. The van der Waals surface area contributed by atoms with Gasteiger partial charge in [0.25, 0.3) is 0 Å². The molecule has 1 aromatic carbocycles. The van der Waals surface area contributed by atoms with Crippen molar-refractivity contribution in [1.82, 2.24) is 4.90 Å². The molecule has 1 heterocycles. The minimum atomic E-state index is -1.23. The molecule has 1 aliphatic heterocycles. The van der Waals surface area contributed by atoms with Gasteiger partial charge in [0, 0.05) is 13.1 Å². The van der Waals surface area contributed by atoms with Gasteiger partial charge in [-0.15, -0.1) is 0 Å². The molecule has 0 spiro atoms. The summed E-state index contributed by atoms with van der Waals surface area (Å²) in [5.74, 6) is -0.920. The summed E-state index contributed by atoms with van der Waals surface area (Å²) in [6.45, 7) is 0.845. The van der Waals surface area contributed by atoms with Crippen LogP contribution in [0.1, 0.15) is 37.7 Å². The summed E-state index contributed by atoms with van der Waals surface area (Å²) >= 11 is 0. The van der Waals surface area contributed by atoms with Gasteiger partial charge in [-0.3, -0.25) is 4.79 Å². The Morgan fingerprint density at radius 2 is 1.71 bits per heavy atom. The minimum absolute atomic E-state index is 0.208. The van der Waals surface area contributed by atoms with Crippen LogP contribution in [0.5, 0.6) is 0 Å². The van der Waals surface area contributed by atoms with Gasteiger partial charge >= 0.3 is 12.1 Å². The van der Waals surface area contributed by atoms with Crippen LogP contribution in [0.15, 0.2) is 30.3 Å². The molecule has 2 fully saturated rings. The van der Waals surface area contributed by atoms with Gasteiger partial charge in [-0.2, -0.15) is 0 Å². The molecule has 2 aliphatic rings. The van der Waals surface area contributed by atoms with Crippen LogP contribution >= 0.6 is 0 Å². The standard InChI is InChI=1S/C18H23NO5/c20-15(21)17(7-4-8-17)18(23)9-11-19(12-10-18)16(22)24-13-14-5-2-1-3-6-14/h1-3,5-6,23H,4,7-13H2,(H,20,21). The Hall–Kier alpha value is -2.08. The molecule has 1 saturated heterocycles. The maximum Gasteiger partial charge on any atom is 0.410 e. The number of carboxylic acid groups (broad SMARTS) is 1. The van der Waals surface area contributed by atoms with Crippen LogP contribution in [-0.2, 0) is 16.1 Å². The van der Waals surface area contributed by atoms with Gasteiger partial charge in [0.2, 0.25) is 0 Å². The summed E-state index contributed by atoms with van der Waals surface area (Å²) in [6.07, 6.45) is 1.99. The van der Waals surface area contributed by atoms with Crippen molar-refractivity contribution in [3.63, 3.8) is 0 Å². The van der Waals surface area contributed by atoms with Crippen molar-refractivity contribution in [3.8, 4) is 0 Å². The number of carbonyl (C=O) groups excluding carboxylic acids is 1. The highest BCUT2D eigenvalue weighted by atomic mass is 16.6. The van der Waals surface area contributed by atoms with Crippen LogP contribution in [-0.4, -0.2) is 45.9 Å². The zero-order valence-corrected chi connectivity index (χ0v) is 13.6. The first kappa shape index (κ1) is 16.8. The minimum Gasteiger partial charge on any atom is -0.481 e. The largest absolute Gasteiger partial charge is 0.481 e. The summed E-state index contributed by atoms with van der Waals surface area (Å²) in [5, 5.41) is 20.4. The van der Waals surface area contributed by atoms with Crippen LogP contribution < -0.4 is 0 Å². The fraction of sp³-hybridized carbons (Fsp3) is 0.556. The van der Waals surface area contributed by atoms with Gasteiger partial charge in [0.05, 0.1) is 11.0 Å². The molecular weight excluding hydrogens is 310 g/mol. The highest BCUT2D eigenvalue weighted by molar-refractivity contribution is 5.77. The Bertz CT molecular complexity index is 603. The van der Waals surface area contributed by atoms with E-state index >= 15 is 0 Å². The molecule has 0 atom stereocenters. The molecule has 1 amide bonds. The second-order valence-corrected chi connectivity index (χ2v) is 6.80. The van der Waals surface area contributed by atoms with Gasteiger partial charge in [-0.05, 0) is 31.2 Å². The number of rotatable bonds is 4. The van der Waals surface area contributed by atoms with E-state index < -0.39 is 23.1 Å². The number of ether oxygens (including phenoxy) is 1. The molecule has 6 nitrogen and oxygen atoms in total. The summed E-state index contributed by atoms with van der Waals surface area (Å²) in [4.78, 5) is 25.3. The quantitative estimate of drug-likeness (QED) is 0.883. The monoisotopic (exact) mass is 333 g/mol. The molecule has 0 unspecified atom stereocenters. The second kappa shape index (κ2) is 6.43. The Kier molecular flexibility index (Phi) is 4.49. The first-order valence-corrected chi connectivity index (χ1v) is 8.38. The van der Waals surface area contributed by atoms with E-state index in [9.17, 15) is 19.8 Å². The van der Waals surface area contributed by atoms with Crippen LogP contribution in [0.4, 0.5) is 4.79 Å². The lowest BCUT2D eigenvalue weighted by atomic mass is 9.56. The number of carbonyl (C=O) groups is 2. The van der Waals surface area contributed by atoms with E-state index in [2.05, 4.69) is 0 Å². The molecule has 3 rings (SSSR count). The maximum atomic E-state index is 12.2. The van der Waals surface area contributed by atoms with E-state index in [-0.39, 0.29) is 19.4 Å². The third kappa shape index (κ3) is 2.86. The molecule has 6 heteroatoms. The third-order valence-electron chi connectivity index (χ3n) is 5.56. The molecule has 1 saturated carbocycles. The lowest BCUT2D eigenvalue weighted by Crippen LogP contribution is -2.61. The first-order chi connectivity index (χ1) is 11.5. The first-order valence-electron chi connectivity index (χ1n) is 8.38. The predicted octanol–water partition coefficient (Wildman–Crippen LogP) is 2.41. The van der Waals surface area contributed by atoms with Crippen molar-refractivity contribution in [3.05, 3.63) is 35.9 Å². The SMILES string of the molecule is O=C(OCc1ccccc1)N1CCC(O)(C2(C(=O)O)CCC2)CC1. The molecule has 24 heavy (non-hydrogen) atoms. The van der Waals surface area contributed by atoms with Crippen molar-refractivity contribution in [2.24, 2.45) is 5.41 Å². The van der Waals surface area contributed by atoms with E-state index in [1.165, 1.54) is 0 Å². The lowest BCUT2D eigenvalue weighted by Gasteiger charge is -2.52. The fourth-order valence-corrected chi connectivity index (χ4v) is 3.76. The number of benzene rings is 1. The van der Waals surface area contributed by atoms with E-state index in [1.54, 1.807) is 4.90 Å². The van der Waals surface area contributed by atoms with Gasteiger partial charge in [0.15, 0.2) is 0 Å². The summed E-state index contributed by atoms with van der Waals surface area (Å²) < 4.78 is 5.30. The Labute approximate surface area is 141 Å². The number of likely N-dealkylation sites (tertiary alicyclic amines) is 1. The zero-order chi connectivity index (χ0) is 17.2. The Morgan fingerprint density at radius 1 is 1.08 bits per heavy atom. The number of aliphatic carboxylic acids is 1. The Morgan fingerprint density at radius 3 is 2.21 bits per heavy atom.